The fourth-order valence-corrected chi connectivity index (χ4v) is 2.53. The molecule has 100 valence electrons. The summed E-state index contributed by atoms with van der Waals surface area (Å²) in [5.74, 6) is 0.404. The van der Waals surface area contributed by atoms with E-state index in [2.05, 4.69) is 17.6 Å². The van der Waals surface area contributed by atoms with Gasteiger partial charge in [0, 0.05) is 25.1 Å². The van der Waals surface area contributed by atoms with Crippen LogP contribution in [-0.2, 0) is 9.53 Å². The quantitative estimate of drug-likeness (QED) is 0.801. The lowest BCUT2D eigenvalue weighted by molar-refractivity contribution is -0.126. The third-order valence-electron chi connectivity index (χ3n) is 3.52. The number of rotatable bonds is 3. The number of carbonyl (C=O) groups is 1. The normalized spacial score (nSPS) is 32.9. The molecule has 0 aromatic carbocycles. The van der Waals surface area contributed by atoms with Gasteiger partial charge in [0.2, 0.25) is 5.91 Å². The van der Waals surface area contributed by atoms with Gasteiger partial charge in [-0.3, -0.25) is 4.79 Å². The van der Waals surface area contributed by atoms with E-state index in [1.165, 1.54) is 0 Å². The van der Waals surface area contributed by atoms with Crippen molar-refractivity contribution in [2.24, 2.45) is 5.92 Å². The summed E-state index contributed by atoms with van der Waals surface area (Å²) in [6.07, 6.45) is 4.38. The summed E-state index contributed by atoms with van der Waals surface area (Å²) in [6, 6.07) is 0.465. The van der Waals surface area contributed by atoms with E-state index in [0.29, 0.717) is 12.6 Å². The van der Waals surface area contributed by atoms with Crippen LogP contribution in [0.15, 0.2) is 0 Å². The predicted molar refractivity (Wildman–Crippen MR) is 69.4 cm³/mol. The Morgan fingerprint density at radius 3 is 2.94 bits per heavy atom. The molecule has 2 aliphatic heterocycles. The Hall–Kier alpha value is -0.320. The number of nitrogens with one attached hydrogen (secondary N) is 2. The van der Waals surface area contributed by atoms with Gasteiger partial charge in [-0.2, -0.15) is 0 Å². The highest BCUT2D eigenvalue weighted by Gasteiger charge is 2.25. The molecule has 0 aliphatic carbocycles. The molecule has 2 aliphatic rings. The van der Waals surface area contributed by atoms with Crippen molar-refractivity contribution in [3.05, 3.63) is 0 Å². The standard InChI is InChI=1S/C12H22N2O2.ClH/c1-9-7-10(4-5-13-9)12(15)14-8-11-3-2-6-16-11;/h9-11,13H,2-8H2,1H3,(H,14,15);1H/t9-,10-,11?;/m0./s1. The van der Waals surface area contributed by atoms with Crippen LogP contribution in [0.2, 0.25) is 0 Å². The van der Waals surface area contributed by atoms with Crippen molar-refractivity contribution in [3.63, 3.8) is 0 Å². The van der Waals surface area contributed by atoms with E-state index in [1.807, 2.05) is 0 Å². The van der Waals surface area contributed by atoms with Crippen molar-refractivity contribution in [2.75, 3.05) is 19.7 Å². The van der Waals surface area contributed by atoms with Gasteiger partial charge >= 0.3 is 0 Å². The molecule has 1 unspecified atom stereocenters. The largest absolute Gasteiger partial charge is 0.376 e. The van der Waals surface area contributed by atoms with Gasteiger partial charge in [0.25, 0.3) is 0 Å². The molecule has 0 radical (unpaired) electrons. The van der Waals surface area contributed by atoms with Crippen LogP contribution in [0.3, 0.4) is 0 Å². The molecule has 2 N–H and O–H groups in total. The molecule has 3 atom stereocenters. The third-order valence-corrected chi connectivity index (χ3v) is 3.52. The Morgan fingerprint density at radius 1 is 1.47 bits per heavy atom. The molecule has 4 nitrogen and oxygen atoms in total. The average molecular weight is 263 g/mol. The van der Waals surface area contributed by atoms with Crippen molar-refractivity contribution >= 4 is 18.3 Å². The van der Waals surface area contributed by atoms with Gasteiger partial charge in [-0.05, 0) is 39.2 Å². The molecule has 2 fully saturated rings. The maximum Gasteiger partial charge on any atom is 0.223 e. The number of piperidine rings is 1. The third kappa shape index (κ3) is 4.45. The van der Waals surface area contributed by atoms with Crippen molar-refractivity contribution in [1.29, 1.82) is 0 Å². The second-order valence-electron chi connectivity index (χ2n) is 4.96. The minimum Gasteiger partial charge on any atom is -0.376 e. The van der Waals surface area contributed by atoms with Gasteiger partial charge in [0.1, 0.15) is 0 Å². The molecule has 0 saturated carbocycles. The SMILES string of the molecule is C[C@H]1C[C@@H](C(=O)NCC2CCCO2)CCN1.Cl. The second kappa shape index (κ2) is 7.19. The van der Waals surface area contributed by atoms with Crippen LogP contribution in [0.1, 0.15) is 32.6 Å². The molecule has 1 amide bonds. The Balaban J connectivity index is 0.00000144. The second-order valence-corrected chi connectivity index (χ2v) is 4.96. The Morgan fingerprint density at radius 2 is 2.29 bits per heavy atom. The minimum atomic E-state index is 0. The Labute approximate surface area is 109 Å². The molecule has 2 saturated heterocycles. The van der Waals surface area contributed by atoms with Crippen molar-refractivity contribution < 1.29 is 9.53 Å². The van der Waals surface area contributed by atoms with Crippen LogP contribution in [-0.4, -0.2) is 37.7 Å². The fraction of sp³-hybridized carbons (Fsp3) is 0.917. The molecule has 17 heavy (non-hydrogen) atoms. The van der Waals surface area contributed by atoms with Gasteiger partial charge in [0.15, 0.2) is 0 Å². The number of halogens is 1. The minimum absolute atomic E-state index is 0. The lowest BCUT2D eigenvalue weighted by Gasteiger charge is -2.27. The van der Waals surface area contributed by atoms with Crippen LogP contribution < -0.4 is 10.6 Å². The fourth-order valence-electron chi connectivity index (χ4n) is 2.53. The van der Waals surface area contributed by atoms with Gasteiger partial charge in [-0.15, -0.1) is 12.4 Å². The monoisotopic (exact) mass is 262 g/mol. The summed E-state index contributed by atoms with van der Waals surface area (Å²) >= 11 is 0. The molecular formula is C12H23ClN2O2. The van der Waals surface area contributed by atoms with Crippen LogP contribution in [0, 0.1) is 5.92 Å². The number of hydrogen-bond donors (Lipinski definition) is 2. The van der Waals surface area contributed by atoms with Crippen molar-refractivity contribution in [1.82, 2.24) is 10.6 Å². The first-order valence-electron chi connectivity index (χ1n) is 6.38. The lowest BCUT2D eigenvalue weighted by atomic mass is 9.92. The van der Waals surface area contributed by atoms with E-state index in [1.54, 1.807) is 0 Å². The Bertz CT molecular complexity index is 245. The van der Waals surface area contributed by atoms with Gasteiger partial charge in [-0.25, -0.2) is 0 Å². The maximum absolute atomic E-state index is 11.9. The summed E-state index contributed by atoms with van der Waals surface area (Å²) in [5.41, 5.74) is 0. The highest BCUT2D eigenvalue weighted by atomic mass is 35.5. The summed E-state index contributed by atoms with van der Waals surface area (Å²) in [4.78, 5) is 11.9. The summed E-state index contributed by atoms with van der Waals surface area (Å²) < 4.78 is 5.48. The zero-order valence-electron chi connectivity index (χ0n) is 10.4. The van der Waals surface area contributed by atoms with Crippen LogP contribution in [0.25, 0.3) is 0 Å². The zero-order valence-corrected chi connectivity index (χ0v) is 11.2. The molecule has 2 heterocycles. The number of ether oxygens (including phenoxy) is 1. The number of hydrogen-bond acceptors (Lipinski definition) is 3. The highest BCUT2D eigenvalue weighted by molar-refractivity contribution is 5.85. The summed E-state index contributed by atoms with van der Waals surface area (Å²) in [5, 5.41) is 6.38. The lowest BCUT2D eigenvalue weighted by Crippen LogP contribution is -2.43. The zero-order chi connectivity index (χ0) is 11.4. The number of carbonyl (C=O) groups excluding carboxylic acids is 1. The maximum atomic E-state index is 11.9. The van der Waals surface area contributed by atoms with E-state index >= 15 is 0 Å². The van der Waals surface area contributed by atoms with E-state index < -0.39 is 0 Å². The topological polar surface area (TPSA) is 50.4 Å². The van der Waals surface area contributed by atoms with Crippen LogP contribution in [0.5, 0.6) is 0 Å². The van der Waals surface area contributed by atoms with E-state index in [9.17, 15) is 4.79 Å². The highest BCUT2D eigenvalue weighted by Crippen LogP contribution is 2.16. The first-order valence-corrected chi connectivity index (χ1v) is 6.38. The molecule has 0 aromatic heterocycles. The smallest absolute Gasteiger partial charge is 0.223 e. The molecule has 0 bridgehead atoms. The van der Waals surface area contributed by atoms with E-state index in [0.717, 1.165) is 38.8 Å². The first kappa shape index (κ1) is 14.7. The van der Waals surface area contributed by atoms with Crippen molar-refractivity contribution in [3.8, 4) is 0 Å². The van der Waals surface area contributed by atoms with E-state index in [4.69, 9.17) is 4.74 Å². The van der Waals surface area contributed by atoms with Crippen LogP contribution in [0.4, 0.5) is 0 Å². The van der Waals surface area contributed by atoms with Crippen LogP contribution >= 0.6 is 12.4 Å². The number of amides is 1. The van der Waals surface area contributed by atoms with Gasteiger partial charge < -0.3 is 15.4 Å². The first-order chi connectivity index (χ1) is 7.75. The Kier molecular flexibility index (Phi) is 6.23. The summed E-state index contributed by atoms with van der Waals surface area (Å²) in [7, 11) is 0. The van der Waals surface area contributed by atoms with E-state index in [-0.39, 0.29) is 30.3 Å². The average Bonchev–Trinajstić information content (AvgIpc) is 2.78. The molecule has 5 heteroatoms. The molecule has 0 spiro atoms. The predicted octanol–water partition coefficient (Wildman–Crippen LogP) is 1.09. The van der Waals surface area contributed by atoms with Gasteiger partial charge in [-0.1, -0.05) is 0 Å². The molecule has 2 rings (SSSR count). The molecule has 0 aromatic rings. The summed E-state index contributed by atoms with van der Waals surface area (Å²) in [6.45, 7) is 4.64. The molecular weight excluding hydrogens is 240 g/mol. The van der Waals surface area contributed by atoms with Crippen molar-refractivity contribution in [2.45, 2.75) is 44.8 Å². The van der Waals surface area contributed by atoms with Gasteiger partial charge in [0.05, 0.1) is 6.10 Å².